The van der Waals surface area contributed by atoms with E-state index in [1.807, 2.05) is 25.1 Å². The van der Waals surface area contributed by atoms with Crippen LogP contribution in [-0.4, -0.2) is 46.3 Å². The van der Waals surface area contributed by atoms with Gasteiger partial charge in [0.25, 0.3) is 0 Å². The first-order chi connectivity index (χ1) is 12.1. The Morgan fingerprint density at radius 2 is 1.96 bits per heavy atom. The van der Waals surface area contributed by atoms with E-state index < -0.39 is 10.0 Å². The summed E-state index contributed by atoms with van der Waals surface area (Å²) < 4.78 is 26.7. The molecule has 25 heavy (non-hydrogen) atoms. The Kier molecular flexibility index (Phi) is 8.21. The van der Waals surface area contributed by atoms with Crippen molar-refractivity contribution < 1.29 is 8.42 Å². The van der Waals surface area contributed by atoms with Gasteiger partial charge in [-0.15, -0.1) is 0 Å². The minimum absolute atomic E-state index is 0.0228. The van der Waals surface area contributed by atoms with E-state index in [2.05, 4.69) is 32.5 Å². The molecule has 140 valence electrons. The molecule has 0 atom stereocenters. The maximum absolute atomic E-state index is 12.0. The predicted octanol–water partition coefficient (Wildman–Crippen LogP) is 1.50. The molecule has 3 N–H and O–H groups in total. The van der Waals surface area contributed by atoms with Crippen LogP contribution in [0.5, 0.6) is 0 Å². The Labute approximate surface area is 151 Å². The lowest BCUT2D eigenvalue weighted by Gasteiger charge is -2.25. The van der Waals surface area contributed by atoms with E-state index in [1.165, 1.54) is 12.0 Å². The van der Waals surface area contributed by atoms with Crippen LogP contribution in [0.4, 0.5) is 0 Å². The van der Waals surface area contributed by atoms with Crippen LogP contribution in [0.1, 0.15) is 31.7 Å². The first-order valence-electron chi connectivity index (χ1n) is 9.12. The molecule has 0 aromatic heterocycles. The van der Waals surface area contributed by atoms with Crippen molar-refractivity contribution in [1.82, 2.24) is 15.4 Å². The highest BCUT2D eigenvalue weighted by molar-refractivity contribution is 7.89. The van der Waals surface area contributed by atoms with Crippen LogP contribution in [-0.2, 0) is 16.4 Å². The van der Waals surface area contributed by atoms with Crippen molar-refractivity contribution in [2.75, 3.05) is 31.9 Å². The maximum atomic E-state index is 12.0. The molecule has 1 saturated carbocycles. The summed E-state index contributed by atoms with van der Waals surface area (Å²) in [5.74, 6) is 1.21. The second-order valence-electron chi connectivity index (χ2n) is 6.39. The van der Waals surface area contributed by atoms with Crippen molar-refractivity contribution in [3.8, 4) is 0 Å². The zero-order valence-electron chi connectivity index (χ0n) is 15.0. The highest BCUT2D eigenvalue weighted by Gasteiger charge is 2.19. The van der Waals surface area contributed by atoms with Gasteiger partial charge in [0.15, 0.2) is 5.96 Å². The van der Waals surface area contributed by atoms with E-state index in [9.17, 15) is 8.42 Å². The maximum Gasteiger partial charge on any atom is 0.213 e. The van der Waals surface area contributed by atoms with Crippen molar-refractivity contribution in [2.24, 2.45) is 10.9 Å². The largest absolute Gasteiger partial charge is 0.357 e. The molecule has 7 heteroatoms. The number of hydrogen-bond acceptors (Lipinski definition) is 3. The average Bonchev–Trinajstić information content (AvgIpc) is 2.54. The SMILES string of the molecule is CCNC(=NCCS(=O)(=O)NCC1CCC1)NCCc1ccccc1. The third kappa shape index (κ3) is 7.88. The minimum atomic E-state index is -3.24. The molecule has 0 unspecified atom stereocenters. The van der Waals surface area contributed by atoms with E-state index in [0.29, 0.717) is 18.4 Å². The van der Waals surface area contributed by atoms with E-state index >= 15 is 0 Å². The minimum Gasteiger partial charge on any atom is -0.357 e. The zero-order chi connectivity index (χ0) is 18.0. The first-order valence-corrected chi connectivity index (χ1v) is 10.8. The quantitative estimate of drug-likeness (QED) is 0.433. The predicted molar refractivity (Wildman–Crippen MR) is 103 cm³/mol. The van der Waals surface area contributed by atoms with E-state index in [4.69, 9.17) is 0 Å². The van der Waals surface area contributed by atoms with E-state index in [1.54, 1.807) is 0 Å². The second kappa shape index (κ2) is 10.4. The molecule has 2 rings (SSSR count). The van der Waals surface area contributed by atoms with Crippen molar-refractivity contribution in [2.45, 2.75) is 32.6 Å². The molecule has 0 spiro atoms. The van der Waals surface area contributed by atoms with Gasteiger partial charge in [-0.3, -0.25) is 4.99 Å². The van der Waals surface area contributed by atoms with E-state index in [0.717, 1.165) is 32.4 Å². The Hall–Kier alpha value is -1.60. The van der Waals surface area contributed by atoms with Gasteiger partial charge in [-0.1, -0.05) is 36.8 Å². The van der Waals surface area contributed by atoms with Gasteiger partial charge in [0, 0.05) is 19.6 Å². The monoisotopic (exact) mass is 366 g/mol. The Bertz CT molecular complexity index is 628. The van der Waals surface area contributed by atoms with Gasteiger partial charge in [-0.2, -0.15) is 0 Å². The Morgan fingerprint density at radius 1 is 1.20 bits per heavy atom. The molecule has 0 aliphatic heterocycles. The third-order valence-electron chi connectivity index (χ3n) is 4.34. The number of benzene rings is 1. The highest BCUT2D eigenvalue weighted by atomic mass is 32.2. The van der Waals surface area contributed by atoms with Gasteiger partial charge < -0.3 is 10.6 Å². The molecule has 0 bridgehead atoms. The number of hydrogen-bond donors (Lipinski definition) is 3. The van der Waals surface area contributed by atoms with Gasteiger partial charge in [0.1, 0.15) is 0 Å². The smallest absolute Gasteiger partial charge is 0.213 e. The number of nitrogens with one attached hydrogen (secondary N) is 3. The molecule has 6 nitrogen and oxygen atoms in total. The lowest BCUT2D eigenvalue weighted by molar-refractivity contribution is 0.316. The molecule has 0 radical (unpaired) electrons. The van der Waals surface area contributed by atoms with Gasteiger partial charge in [0.2, 0.25) is 10.0 Å². The van der Waals surface area contributed by atoms with Crippen molar-refractivity contribution >= 4 is 16.0 Å². The molecule has 1 fully saturated rings. The Morgan fingerprint density at radius 3 is 2.60 bits per heavy atom. The molecule has 1 aliphatic rings. The molecule has 0 heterocycles. The van der Waals surface area contributed by atoms with Crippen LogP contribution >= 0.6 is 0 Å². The van der Waals surface area contributed by atoms with Crippen LogP contribution < -0.4 is 15.4 Å². The standard InChI is InChI=1S/C18H30N4O2S/c1-2-19-18(20-12-11-16-7-4-3-5-8-16)21-13-14-25(23,24)22-15-17-9-6-10-17/h3-5,7-8,17,22H,2,6,9-15H2,1H3,(H2,19,20,21). The molecule has 0 saturated heterocycles. The molecule has 1 aromatic carbocycles. The number of rotatable bonds is 10. The van der Waals surface area contributed by atoms with Crippen molar-refractivity contribution in [1.29, 1.82) is 0 Å². The summed E-state index contributed by atoms with van der Waals surface area (Å²) >= 11 is 0. The first kappa shape index (κ1) is 19.7. The summed E-state index contributed by atoms with van der Waals surface area (Å²) in [5, 5.41) is 6.39. The van der Waals surface area contributed by atoms with Gasteiger partial charge >= 0.3 is 0 Å². The summed E-state index contributed by atoms with van der Waals surface area (Å²) in [6.07, 6.45) is 4.39. The van der Waals surface area contributed by atoms with Gasteiger partial charge in [-0.05, 0) is 37.7 Å². The summed E-state index contributed by atoms with van der Waals surface area (Å²) in [7, 11) is -3.24. The summed E-state index contributed by atoms with van der Waals surface area (Å²) in [4.78, 5) is 4.37. The van der Waals surface area contributed by atoms with Crippen LogP contribution in [0.3, 0.4) is 0 Å². The van der Waals surface area contributed by atoms with Crippen LogP contribution in [0, 0.1) is 5.92 Å². The number of nitrogens with zero attached hydrogens (tertiary/aromatic N) is 1. The second-order valence-corrected chi connectivity index (χ2v) is 8.31. The van der Waals surface area contributed by atoms with Gasteiger partial charge in [0.05, 0.1) is 12.3 Å². The molecule has 0 amide bonds. The highest BCUT2D eigenvalue weighted by Crippen LogP contribution is 2.25. The fraction of sp³-hybridized carbons (Fsp3) is 0.611. The van der Waals surface area contributed by atoms with Crippen molar-refractivity contribution in [3.05, 3.63) is 35.9 Å². The summed E-state index contributed by atoms with van der Waals surface area (Å²) in [6, 6.07) is 10.2. The number of aliphatic imine (C=N–C) groups is 1. The lowest BCUT2D eigenvalue weighted by atomic mass is 9.86. The van der Waals surface area contributed by atoms with Crippen LogP contribution in [0.2, 0.25) is 0 Å². The lowest BCUT2D eigenvalue weighted by Crippen LogP contribution is -2.39. The third-order valence-corrected chi connectivity index (χ3v) is 5.67. The molecule has 1 aromatic rings. The number of guanidine groups is 1. The van der Waals surface area contributed by atoms with Gasteiger partial charge in [-0.25, -0.2) is 13.1 Å². The zero-order valence-corrected chi connectivity index (χ0v) is 15.8. The van der Waals surface area contributed by atoms with Crippen LogP contribution in [0.15, 0.2) is 35.3 Å². The normalized spacial score (nSPS) is 15.6. The van der Waals surface area contributed by atoms with Crippen LogP contribution in [0.25, 0.3) is 0 Å². The molecular weight excluding hydrogens is 336 g/mol. The molecular formula is C18H30N4O2S. The summed E-state index contributed by atoms with van der Waals surface area (Å²) in [6.45, 7) is 4.31. The fourth-order valence-electron chi connectivity index (χ4n) is 2.60. The fourth-order valence-corrected chi connectivity index (χ4v) is 3.57. The number of sulfonamides is 1. The Balaban J connectivity index is 1.72. The summed E-state index contributed by atoms with van der Waals surface area (Å²) in [5.41, 5.74) is 1.26. The van der Waals surface area contributed by atoms with Crippen molar-refractivity contribution in [3.63, 3.8) is 0 Å². The average molecular weight is 367 g/mol. The van der Waals surface area contributed by atoms with E-state index in [-0.39, 0.29) is 12.3 Å². The topological polar surface area (TPSA) is 82.6 Å². The molecule has 1 aliphatic carbocycles.